The van der Waals surface area contributed by atoms with Crippen molar-refractivity contribution >= 4 is 23.2 Å². The van der Waals surface area contributed by atoms with Crippen molar-refractivity contribution < 1.29 is 0 Å². The van der Waals surface area contributed by atoms with Crippen LogP contribution in [0.2, 0.25) is 10.0 Å². The molecule has 60 valence electrons. The maximum atomic E-state index is 5.92. The largest absolute Gasteiger partial charge is 0.0843 e. The number of hydrogen-bond acceptors (Lipinski definition) is 0. The predicted molar refractivity (Wildman–Crippen MR) is 50.5 cm³/mol. The third-order valence-corrected chi connectivity index (χ3v) is 2.12. The monoisotopic (exact) mass is 188 g/mol. The van der Waals surface area contributed by atoms with Crippen LogP contribution in [0.3, 0.4) is 0 Å². The predicted octanol–water partition coefficient (Wildman–Crippen LogP) is 3.95. The smallest absolute Gasteiger partial charge is 0.0452 e. The van der Waals surface area contributed by atoms with Gasteiger partial charge in [-0.1, -0.05) is 42.6 Å². The summed E-state index contributed by atoms with van der Waals surface area (Å²) in [5.74, 6) is 0. The quantitative estimate of drug-likeness (QED) is 0.660. The Morgan fingerprint density at radius 1 is 1.27 bits per heavy atom. The molecule has 0 atom stereocenters. The van der Waals surface area contributed by atoms with Gasteiger partial charge in [0.25, 0.3) is 0 Å². The molecule has 0 saturated carbocycles. The zero-order valence-corrected chi connectivity index (χ0v) is 7.91. The lowest BCUT2D eigenvalue weighted by molar-refractivity contribution is 0.922. The van der Waals surface area contributed by atoms with Crippen LogP contribution in [0, 0.1) is 0 Å². The molecule has 2 heteroatoms. The Labute approximate surface area is 77.1 Å². The second-order valence-corrected chi connectivity index (χ2v) is 3.33. The fourth-order valence-electron chi connectivity index (χ4n) is 0.994. The van der Waals surface area contributed by atoms with E-state index in [0.717, 1.165) is 17.9 Å². The van der Waals surface area contributed by atoms with Crippen molar-refractivity contribution in [3.8, 4) is 0 Å². The number of rotatable bonds is 2. The number of halogens is 2. The molecule has 1 aromatic rings. The van der Waals surface area contributed by atoms with Gasteiger partial charge in [-0.25, -0.2) is 0 Å². The lowest BCUT2D eigenvalue weighted by Crippen LogP contribution is -1.83. The van der Waals surface area contributed by atoms with E-state index in [4.69, 9.17) is 23.2 Å². The zero-order valence-electron chi connectivity index (χ0n) is 6.40. The van der Waals surface area contributed by atoms with Crippen LogP contribution in [0.25, 0.3) is 0 Å². The van der Waals surface area contributed by atoms with Crippen LogP contribution in [-0.2, 0) is 6.42 Å². The number of benzene rings is 1. The van der Waals surface area contributed by atoms with Crippen LogP contribution in [0.5, 0.6) is 0 Å². The highest BCUT2D eigenvalue weighted by Gasteiger charge is 1.98. The highest BCUT2D eigenvalue weighted by atomic mass is 35.5. The van der Waals surface area contributed by atoms with E-state index < -0.39 is 0 Å². The average molecular weight is 189 g/mol. The molecule has 1 rings (SSSR count). The SMILES string of the molecule is CCCc1ccc(Cl)cc1Cl. The van der Waals surface area contributed by atoms with E-state index in [-0.39, 0.29) is 0 Å². The molecule has 0 saturated heterocycles. The van der Waals surface area contributed by atoms with Crippen molar-refractivity contribution in [2.24, 2.45) is 0 Å². The minimum absolute atomic E-state index is 0.704. The van der Waals surface area contributed by atoms with Crippen LogP contribution in [0.15, 0.2) is 18.2 Å². The fourth-order valence-corrected chi connectivity index (χ4v) is 1.50. The molecule has 0 fully saturated rings. The third-order valence-electron chi connectivity index (χ3n) is 1.53. The second kappa shape index (κ2) is 3.99. The molecule has 0 nitrogen and oxygen atoms in total. The van der Waals surface area contributed by atoms with Gasteiger partial charge in [0.1, 0.15) is 0 Å². The first-order valence-corrected chi connectivity index (χ1v) is 4.43. The topological polar surface area (TPSA) is 0 Å². The summed E-state index contributed by atoms with van der Waals surface area (Å²) in [5, 5.41) is 1.48. The first kappa shape index (κ1) is 8.89. The van der Waals surface area contributed by atoms with Crippen molar-refractivity contribution in [1.29, 1.82) is 0 Å². The molecule has 11 heavy (non-hydrogen) atoms. The first-order valence-electron chi connectivity index (χ1n) is 3.68. The fraction of sp³-hybridized carbons (Fsp3) is 0.333. The summed E-state index contributed by atoms with van der Waals surface area (Å²) in [4.78, 5) is 0. The molecule has 0 amide bonds. The third kappa shape index (κ3) is 2.39. The Balaban J connectivity index is 2.90. The summed E-state index contributed by atoms with van der Waals surface area (Å²) in [6, 6.07) is 5.64. The highest BCUT2D eigenvalue weighted by molar-refractivity contribution is 6.35. The Kier molecular flexibility index (Phi) is 3.22. The molecule has 0 aromatic heterocycles. The summed E-state index contributed by atoms with van der Waals surface area (Å²) in [6.45, 7) is 2.13. The minimum atomic E-state index is 0.704. The molecule has 0 N–H and O–H groups in total. The maximum absolute atomic E-state index is 5.92. The van der Waals surface area contributed by atoms with Gasteiger partial charge in [0.2, 0.25) is 0 Å². The average Bonchev–Trinajstić information content (AvgIpc) is 1.95. The zero-order chi connectivity index (χ0) is 8.27. The molecule has 0 bridgehead atoms. The maximum Gasteiger partial charge on any atom is 0.0452 e. The van der Waals surface area contributed by atoms with Crippen molar-refractivity contribution in [3.05, 3.63) is 33.8 Å². The minimum Gasteiger partial charge on any atom is -0.0843 e. The molecule has 0 radical (unpaired) electrons. The van der Waals surface area contributed by atoms with Crippen LogP contribution >= 0.6 is 23.2 Å². The van der Waals surface area contributed by atoms with E-state index in [1.54, 1.807) is 6.07 Å². The normalized spacial score (nSPS) is 10.1. The first-order chi connectivity index (χ1) is 5.24. The van der Waals surface area contributed by atoms with E-state index in [1.165, 1.54) is 5.56 Å². The van der Waals surface area contributed by atoms with Gasteiger partial charge in [-0.2, -0.15) is 0 Å². The van der Waals surface area contributed by atoms with Crippen molar-refractivity contribution in [2.45, 2.75) is 19.8 Å². The van der Waals surface area contributed by atoms with E-state index >= 15 is 0 Å². The Morgan fingerprint density at radius 2 is 2.00 bits per heavy atom. The van der Waals surface area contributed by atoms with E-state index in [0.29, 0.717) is 5.02 Å². The van der Waals surface area contributed by atoms with Crippen LogP contribution < -0.4 is 0 Å². The molecule has 0 aliphatic heterocycles. The Bertz CT molecular complexity index is 243. The van der Waals surface area contributed by atoms with Gasteiger partial charge in [0.15, 0.2) is 0 Å². The van der Waals surface area contributed by atoms with Gasteiger partial charge < -0.3 is 0 Å². The van der Waals surface area contributed by atoms with Crippen molar-refractivity contribution in [2.75, 3.05) is 0 Å². The summed E-state index contributed by atoms with van der Waals surface area (Å²) in [5.41, 5.74) is 1.18. The van der Waals surface area contributed by atoms with E-state index in [2.05, 4.69) is 6.92 Å². The van der Waals surface area contributed by atoms with Gasteiger partial charge in [-0.3, -0.25) is 0 Å². The summed E-state index contributed by atoms with van der Waals surface area (Å²) < 4.78 is 0. The van der Waals surface area contributed by atoms with Gasteiger partial charge in [-0.15, -0.1) is 0 Å². The number of aryl methyl sites for hydroxylation is 1. The molecule has 1 aromatic carbocycles. The number of hydrogen-bond donors (Lipinski definition) is 0. The van der Waals surface area contributed by atoms with Gasteiger partial charge in [0.05, 0.1) is 0 Å². The molecular weight excluding hydrogens is 179 g/mol. The van der Waals surface area contributed by atoms with Gasteiger partial charge in [-0.05, 0) is 24.1 Å². The summed E-state index contributed by atoms with van der Waals surface area (Å²) in [7, 11) is 0. The van der Waals surface area contributed by atoms with Gasteiger partial charge in [0, 0.05) is 10.0 Å². The van der Waals surface area contributed by atoms with Crippen LogP contribution in [0.1, 0.15) is 18.9 Å². The molecule has 0 spiro atoms. The Hall–Kier alpha value is -0.200. The standard InChI is InChI=1S/C9H10Cl2/c1-2-3-7-4-5-8(10)6-9(7)11/h4-6H,2-3H2,1H3. The second-order valence-electron chi connectivity index (χ2n) is 2.49. The van der Waals surface area contributed by atoms with Crippen molar-refractivity contribution in [1.82, 2.24) is 0 Å². The van der Waals surface area contributed by atoms with E-state index in [9.17, 15) is 0 Å². The summed E-state index contributed by atoms with van der Waals surface area (Å²) in [6.07, 6.45) is 2.14. The molecule has 0 aliphatic rings. The lowest BCUT2D eigenvalue weighted by atomic mass is 10.1. The summed E-state index contributed by atoms with van der Waals surface area (Å²) >= 11 is 11.7. The Morgan fingerprint density at radius 3 is 2.55 bits per heavy atom. The highest BCUT2D eigenvalue weighted by Crippen LogP contribution is 2.21. The van der Waals surface area contributed by atoms with Crippen LogP contribution in [-0.4, -0.2) is 0 Å². The molecule has 0 aliphatic carbocycles. The van der Waals surface area contributed by atoms with Crippen LogP contribution in [0.4, 0.5) is 0 Å². The lowest BCUT2D eigenvalue weighted by Gasteiger charge is -2.01. The molecular formula is C9H10Cl2. The molecule has 0 unspecified atom stereocenters. The molecule has 0 heterocycles. The van der Waals surface area contributed by atoms with Gasteiger partial charge >= 0.3 is 0 Å². The van der Waals surface area contributed by atoms with E-state index in [1.807, 2.05) is 12.1 Å². The van der Waals surface area contributed by atoms with Crippen molar-refractivity contribution in [3.63, 3.8) is 0 Å².